The van der Waals surface area contributed by atoms with Gasteiger partial charge in [-0.3, -0.25) is 0 Å². The maximum atomic E-state index is 12.9. The third-order valence-electron chi connectivity index (χ3n) is 4.05. The molecule has 0 fully saturated rings. The van der Waals surface area contributed by atoms with Crippen molar-refractivity contribution in [3.05, 3.63) is 84.4 Å². The Balaban J connectivity index is 1.46. The van der Waals surface area contributed by atoms with Crippen LogP contribution in [0.2, 0.25) is 0 Å². The Morgan fingerprint density at radius 3 is 2.48 bits per heavy atom. The first-order valence-electron chi connectivity index (χ1n) is 8.35. The average molecular weight is 361 g/mol. The monoisotopic (exact) mass is 361 g/mol. The number of ether oxygens (including phenoxy) is 1. The number of hydrogen-bond donors (Lipinski definition) is 2. The molecular formula is C21H16FN3O2. The molecule has 5 nitrogen and oxygen atoms in total. The van der Waals surface area contributed by atoms with Crippen LogP contribution in [0.1, 0.15) is 5.56 Å². The Morgan fingerprint density at radius 1 is 0.926 bits per heavy atom. The Labute approximate surface area is 155 Å². The van der Waals surface area contributed by atoms with Crippen LogP contribution in [0.5, 0.6) is 11.5 Å². The third kappa shape index (κ3) is 3.95. The number of fused-ring (bicyclic) bond motifs is 1. The summed E-state index contributed by atoms with van der Waals surface area (Å²) in [6.07, 6.45) is 1.47. The van der Waals surface area contributed by atoms with Gasteiger partial charge in [0.2, 0.25) is 0 Å². The fourth-order valence-electron chi connectivity index (χ4n) is 2.66. The van der Waals surface area contributed by atoms with E-state index in [0.29, 0.717) is 18.2 Å². The van der Waals surface area contributed by atoms with E-state index in [2.05, 4.69) is 15.3 Å². The summed E-state index contributed by atoms with van der Waals surface area (Å²) in [5.41, 5.74) is 2.46. The van der Waals surface area contributed by atoms with Crippen molar-refractivity contribution in [2.24, 2.45) is 0 Å². The zero-order valence-electron chi connectivity index (χ0n) is 14.3. The predicted molar refractivity (Wildman–Crippen MR) is 102 cm³/mol. The number of aromatic hydroxyl groups is 1. The quantitative estimate of drug-likeness (QED) is 0.535. The summed E-state index contributed by atoms with van der Waals surface area (Å²) in [5.74, 6) is 1.20. The highest BCUT2D eigenvalue weighted by Gasteiger charge is 2.05. The molecule has 4 aromatic rings. The minimum Gasteiger partial charge on any atom is -0.508 e. The number of nitrogens with one attached hydrogen (secondary N) is 1. The second kappa shape index (κ2) is 7.29. The number of aromatic nitrogens is 2. The number of phenolic OH excluding ortho intramolecular Hbond substituents is 1. The Morgan fingerprint density at radius 2 is 1.70 bits per heavy atom. The van der Waals surface area contributed by atoms with Gasteiger partial charge < -0.3 is 15.2 Å². The standard InChI is InChI=1S/C21H16FN3O2/c22-15-3-1-14(2-4-15)12-27-18-8-5-16(6-9-18)25-21-19-11-17(26)7-10-20(19)23-13-24-21/h1-11,13,26H,12H2,(H,23,24,25). The van der Waals surface area contributed by atoms with Gasteiger partial charge in [0, 0.05) is 11.1 Å². The first-order chi connectivity index (χ1) is 13.2. The topological polar surface area (TPSA) is 67.3 Å². The van der Waals surface area contributed by atoms with Gasteiger partial charge in [-0.05, 0) is 60.2 Å². The minimum atomic E-state index is -0.264. The van der Waals surface area contributed by atoms with Crippen LogP contribution < -0.4 is 10.1 Å². The van der Waals surface area contributed by atoms with Gasteiger partial charge in [0.25, 0.3) is 0 Å². The van der Waals surface area contributed by atoms with Crippen LogP contribution in [-0.2, 0) is 6.61 Å². The smallest absolute Gasteiger partial charge is 0.141 e. The predicted octanol–water partition coefficient (Wildman–Crippen LogP) is 4.80. The molecule has 3 aromatic carbocycles. The van der Waals surface area contributed by atoms with E-state index in [1.54, 1.807) is 30.3 Å². The first-order valence-corrected chi connectivity index (χ1v) is 8.35. The lowest BCUT2D eigenvalue weighted by Crippen LogP contribution is -1.97. The molecule has 0 saturated carbocycles. The summed E-state index contributed by atoms with van der Waals surface area (Å²) < 4.78 is 18.6. The fourth-order valence-corrected chi connectivity index (χ4v) is 2.66. The van der Waals surface area contributed by atoms with Gasteiger partial charge >= 0.3 is 0 Å². The molecule has 134 valence electrons. The van der Waals surface area contributed by atoms with Gasteiger partial charge in [0.15, 0.2) is 0 Å². The largest absolute Gasteiger partial charge is 0.508 e. The summed E-state index contributed by atoms with van der Waals surface area (Å²) in [6.45, 7) is 0.364. The molecule has 0 radical (unpaired) electrons. The highest BCUT2D eigenvalue weighted by Crippen LogP contribution is 2.27. The van der Waals surface area contributed by atoms with Crippen LogP contribution in [-0.4, -0.2) is 15.1 Å². The molecule has 4 rings (SSSR count). The van der Waals surface area contributed by atoms with E-state index in [0.717, 1.165) is 22.2 Å². The highest BCUT2D eigenvalue weighted by atomic mass is 19.1. The first kappa shape index (κ1) is 16.8. The summed E-state index contributed by atoms with van der Waals surface area (Å²) in [4.78, 5) is 8.45. The number of halogens is 1. The molecule has 0 unspecified atom stereocenters. The van der Waals surface area contributed by atoms with Crippen LogP contribution in [0.15, 0.2) is 73.1 Å². The lowest BCUT2D eigenvalue weighted by Gasteiger charge is -2.10. The second-order valence-corrected chi connectivity index (χ2v) is 5.99. The van der Waals surface area contributed by atoms with Crippen molar-refractivity contribution >= 4 is 22.4 Å². The van der Waals surface area contributed by atoms with Gasteiger partial charge in [0.1, 0.15) is 36.1 Å². The van der Waals surface area contributed by atoms with Gasteiger partial charge in [0.05, 0.1) is 5.52 Å². The molecule has 0 aliphatic heterocycles. The van der Waals surface area contributed by atoms with Crippen LogP contribution in [0.3, 0.4) is 0 Å². The van der Waals surface area contributed by atoms with E-state index in [1.165, 1.54) is 18.5 Å². The number of anilines is 2. The van der Waals surface area contributed by atoms with Gasteiger partial charge in [-0.1, -0.05) is 12.1 Å². The highest BCUT2D eigenvalue weighted by molar-refractivity contribution is 5.91. The number of rotatable bonds is 5. The van der Waals surface area contributed by atoms with Crippen LogP contribution in [0, 0.1) is 5.82 Å². The van der Waals surface area contributed by atoms with Crippen LogP contribution >= 0.6 is 0 Å². The zero-order valence-corrected chi connectivity index (χ0v) is 14.3. The Bertz CT molecular complexity index is 1070. The number of nitrogens with zero attached hydrogens (tertiary/aromatic N) is 2. The second-order valence-electron chi connectivity index (χ2n) is 5.99. The van der Waals surface area contributed by atoms with Crippen molar-refractivity contribution in [3.8, 4) is 11.5 Å². The summed E-state index contributed by atoms with van der Waals surface area (Å²) >= 11 is 0. The Hall–Kier alpha value is -3.67. The molecule has 0 aliphatic carbocycles. The van der Waals surface area contributed by atoms with E-state index in [4.69, 9.17) is 4.74 Å². The van der Waals surface area contributed by atoms with E-state index < -0.39 is 0 Å². The molecule has 0 atom stereocenters. The molecule has 0 aliphatic rings. The van der Waals surface area contributed by atoms with Crippen molar-refractivity contribution in [2.45, 2.75) is 6.61 Å². The van der Waals surface area contributed by atoms with E-state index in [-0.39, 0.29) is 11.6 Å². The molecule has 27 heavy (non-hydrogen) atoms. The summed E-state index contributed by atoms with van der Waals surface area (Å²) in [5, 5.41) is 13.7. The van der Waals surface area contributed by atoms with Crippen LogP contribution in [0.25, 0.3) is 10.9 Å². The normalized spacial score (nSPS) is 10.7. The van der Waals surface area contributed by atoms with Gasteiger partial charge in [-0.2, -0.15) is 0 Å². The Kier molecular flexibility index (Phi) is 4.53. The molecule has 0 saturated heterocycles. The molecular weight excluding hydrogens is 345 g/mol. The maximum absolute atomic E-state index is 12.9. The molecule has 1 aromatic heterocycles. The minimum absolute atomic E-state index is 0.157. The van der Waals surface area contributed by atoms with E-state index >= 15 is 0 Å². The number of benzene rings is 3. The number of hydrogen-bond acceptors (Lipinski definition) is 5. The maximum Gasteiger partial charge on any atom is 0.141 e. The van der Waals surface area contributed by atoms with E-state index in [1.807, 2.05) is 24.3 Å². The van der Waals surface area contributed by atoms with Crippen molar-refractivity contribution in [1.29, 1.82) is 0 Å². The van der Waals surface area contributed by atoms with Crippen LogP contribution in [0.4, 0.5) is 15.9 Å². The lowest BCUT2D eigenvalue weighted by molar-refractivity contribution is 0.306. The van der Waals surface area contributed by atoms with Crippen molar-refractivity contribution in [2.75, 3.05) is 5.32 Å². The van der Waals surface area contributed by atoms with Gasteiger partial charge in [-0.25, -0.2) is 14.4 Å². The SMILES string of the molecule is Oc1ccc2ncnc(Nc3ccc(OCc4ccc(F)cc4)cc3)c2c1. The zero-order chi connectivity index (χ0) is 18.6. The lowest BCUT2D eigenvalue weighted by atomic mass is 10.2. The molecule has 0 bridgehead atoms. The van der Waals surface area contributed by atoms with Gasteiger partial charge in [-0.15, -0.1) is 0 Å². The van der Waals surface area contributed by atoms with Crippen molar-refractivity contribution in [3.63, 3.8) is 0 Å². The summed E-state index contributed by atoms with van der Waals surface area (Å²) in [7, 11) is 0. The molecule has 0 amide bonds. The number of phenols is 1. The molecule has 0 spiro atoms. The fraction of sp³-hybridized carbons (Fsp3) is 0.0476. The third-order valence-corrected chi connectivity index (χ3v) is 4.05. The summed E-state index contributed by atoms with van der Waals surface area (Å²) in [6, 6.07) is 18.6. The van der Waals surface area contributed by atoms with E-state index in [9.17, 15) is 9.50 Å². The molecule has 2 N–H and O–H groups in total. The average Bonchev–Trinajstić information content (AvgIpc) is 2.69. The van der Waals surface area contributed by atoms with Crippen molar-refractivity contribution in [1.82, 2.24) is 9.97 Å². The molecule has 1 heterocycles. The van der Waals surface area contributed by atoms with Crippen molar-refractivity contribution < 1.29 is 14.2 Å². The molecule has 6 heteroatoms.